The average Bonchev–Trinajstić information content (AvgIpc) is 2.15. The Morgan fingerprint density at radius 2 is 2.44 bits per heavy atom. The van der Waals surface area contributed by atoms with E-state index in [9.17, 15) is 0 Å². The SMILES string of the molecule is OC(O)CN1CCC=N1. The maximum absolute atomic E-state index is 8.45. The van der Waals surface area contributed by atoms with E-state index in [4.69, 9.17) is 10.2 Å². The van der Waals surface area contributed by atoms with E-state index in [0.29, 0.717) is 0 Å². The Morgan fingerprint density at radius 1 is 1.67 bits per heavy atom. The third kappa shape index (κ3) is 1.99. The predicted molar refractivity (Wildman–Crippen MR) is 32.9 cm³/mol. The van der Waals surface area contributed by atoms with Gasteiger partial charge >= 0.3 is 0 Å². The van der Waals surface area contributed by atoms with E-state index in [2.05, 4.69) is 5.10 Å². The molecule has 4 nitrogen and oxygen atoms in total. The zero-order chi connectivity index (χ0) is 6.69. The van der Waals surface area contributed by atoms with Gasteiger partial charge in [-0.15, -0.1) is 0 Å². The number of aliphatic hydroxyl groups is 2. The summed E-state index contributed by atoms with van der Waals surface area (Å²) in [5.74, 6) is 0. The molecule has 0 aromatic carbocycles. The first kappa shape index (κ1) is 6.51. The van der Waals surface area contributed by atoms with Crippen LogP contribution in [0.15, 0.2) is 5.10 Å². The molecule has 1 rings (SSSR count). The van der Waals surface area contributed by atoms with E-state index >= 15 is 0 Å². The largest absolute Gasteiger partial charge is 0.367 e. The quantitative estimate of drug-likeness (QED) is 0.471. The minimum Gasteiger partial charge on any atom is -0.367 e. The number of nitrogens with zero attached hydrogens (tertiary/aromatic N) is 2. The molecule has 0 unspecified atom stereocenters. The first-order chi connectivity index (χ1) is 4.29. The van der Waals surface area contributed by atoms with Crippen molar-refractivity contribution in [1.29, 1.82) is 0 Å². The van der Waals surface area contributed by atoms with Gasteiger partial charge in [-0.05, 0) is 0 Å². The summed E-state index contributed by atoms with van der Waals surface area (Å²) in [6.45, 7) is 1.02. The third-order valence-corrected chi connectivity index (χ3v) is 1.14. The lowest BCUT2D eigenvalue weighted by molar-refractivity contribution is -0.0592. The van der Waals surface area contributed by atoms with Crippen LogP contribution in [0.4, 0.5) is 0 Å². The van der Waals surface area contributed by atoms with Gasteiger partial charge in [0.25, 0.3) is 0 Å². The van der Waals surface area contributed by atoms with Crippen LogP contribution in [0.1, 0.15) is 6.42 Å². The van der Waals surface area contributed by atoms with Crippen LogP contribution in [-0.2, 0) is 0 Å². The smallest absolute Gasteiger partial charge is 0.171 e. The minimum absolute atomic E-state index is 0.219. The van der Waals surface area contributed by atoms with Crippen molar-refractivity contribution in [2.24, 2.45) is 5.10 Å². The molecule has 1 aliphatic heterocycles. The summed E-state index contributed by atoms with van der Waals surface area (Å²) in [4.78, 5) is 0. The summed E-state index contributed by atoms with van der Waals surface area (Å²) in [6.07, 6.45) is 1.41. The van der Waals surface area contributed by atoms with Crippen molar-refractivity contribution in [3.05, 3.63) is 0 Å². The fourth-order valence-corrected chi connectivity index (χ4v) is 0.765. The normalized spacial score (nSPS) is 17.9. The van der Waals surface area contributed by atoms with E-state index in [1.54, 1.807) is 11.2 Å². The monoisotopic (exact) mass is 130 g/mol. The maximum atomic E-state index is 8.45. The lowest BCUT2D eigenvalue weighted by Crippen LogP contribution is -2.26. The Morgan fingerprint density at radius 3 is 2.89 bits per heavy atom. The van der Waals surface area contributed by atoms with Gasteiger partial charge in [0.1, 0.15) is 0 Å². The molecule has 0 radical (unpaired) electrons. The lowest BCUT2D eigenvalue weighted by atomic mass is 10.5. The van der Waals surface area contributed by atoms with E-state index < -0.39 is 6.29 Å². The van der Waals surface area contributed by atoms with E-state index in [0.717, 1.165) is 13.0 Å². The predicted octanol–water partition coefficient (Wildman–Crippen LogP) is -1.01. The Labute approximate surface area is 53.4 Å². The van der Waals surface area contributed by atoms with Crippen LogP contribution in [0.25, 0.3) is 0 Å². The molecular formula is C5H10N2O2. The number of rotatable bonds is 2. The molecule has 9 heavy (non-hydrogen) atoms. The first-order valence-corrected chi connectivity index (χ1v) is 2.92. The highest BCUT2D eigenvalue weighted by molar-refractivity contribution is 5.58. The van der Waals surface area contributed by atoms with Gasteiger partial charge < -0.3 is 10.2 Å². The number of hydrogen-bond donors (Lipinski definition) is 2. The molecule has 0 bridgehead atoms. The van der Waals surface area contributed by atoms with Gasteiger partial charge in [-0.1, -0.05) is 0 Å². The van der Waals surface area contributed by atoms with Gasteiger partial charge in [-0.3, -0.25) is 5.01 Å². The Hall–Kier alpha value is -0.610. The maximum Gasteiger partial charge on any atom is 0.171 e. The number of β-amino-alcohol motifs (C(OH)–C–C–N with tert-alkyl or cyclic N) is 2. The zero-order valence-electron chi connectivity index (χ0n) is 5.06. The summed E-state index contributed by atoms with van der Waals surface area (Å²) in [6, 6.07) is 0. The summed E-state index contributed by atoms with van der Waals surface area (Å²) < 4.78 is 0. The van der Waals surface area contributed by atoms with Crippen molar-refractivity contribution in [3.63, 3.8) is 0 Å². The van der Waals surface area contributed by atoms with Crippen molar-refractivity contribution < 1.29 is 10.2 Å². The van der Waals surface area contributed by atoms with Crippen LogP contribution in [0.5, 0.6) is 0 Å². The molecule has 0 saturated heterocycles. The van der Waals surface area contributed by atoms with Crippen molar-refractivity contribution in [1.82, 2.24) is 5.01 Å². The van der Waals surface area contributed by atoms with Crippen LogP contribution in [0.2, 0.25) is 0 Å². The minimum atomic E-state index is -1.26. The van der Waals surface area contributed by atoms with Gasteiger partial charge in [0.05, 0.1) is 6.54 Å². The second kappa shape index (κ2) is 2.80. The van der Waals surface area contributed by atoms with Crippen LogP contribution in [0.3, 0.4) is 0 Å². The van der Waals surface area contributed by atoms with Crippen LogP contribution in [-0.4, -0.2) is 40.8 Å². The van der Waals surface area contributed by atoms with Gasteiger partial charge in [0.15, 0.2) is 6.29 Å². The number of hydrogen-bond acceptors (Lipinski definition) is 4. The van der Waals surface area contributed by atoms with E-state index in [-0.39, 0.29) is 6.54 Å². The molecule has 0 amide bonds. The molecule has 0 spiro atoms. The van der Waals surface area contributed by atoms with E-state index in [1.165, 1.54) is 0 Å². The third-order valence-electron chi connectivity index (χ3n) is 1.14. The molecule has 0 aromatic rings. The highest BCUT2D eigenvalue weighted by Crippen LogP contribution is 1.98. The topological polar surface area (TPSA) is 56.1 Å². The molecule has 0 atom stereocenters. The fourth-order valence-electron chi connectivity index (χ4n) is 0.765. The Balaban J connectivity index is 2.20. The van der Waals surface area contributed by atoms with Crippen LogP contribution >= 0.6 is 0 Å². The van der Waals surface area contributed by atoms with Gasteiger partial charge in [-0.25, -0.2) is 0 Å². The van der Waals surface area contributed by atoms with Crippen LogP contribution < -0.4 is 0 Å². The van der Waals surface area contributed by atoms with E-state index in [1.807, 2.05) is 0 Å². The zero-order valence-corrected chi connectivity index (χ0v) is 5.06. The average molecular weight is 130 g/mol. The molecule has 0 fully saturated rings. The second-order valence-corrected chi connectivity index (χ2v) is 1.98. The van der Waals surface area contributed by atoms with Gasteiger partial charge in [-0.2, -0.15) is 5.10 Å². The number of hydrazone groups is 1. The van der Waals surface area contributed by atoms with Crippen molar-refractivity contribution >= 4 is 6.21 Å². The Kier molecular flexibility index (Phi) is 2.02. The van der Waals surface area contributed by atoms with Crippen molar-refractivity contribution in [3.8, 4) is 0 Å². The fraction of sp³-hybridized carbons (Fsp3) is 0.800. The summed E-state index contributed by atoms with van der Waals surface area (Å²) in [5, 5.41) is 22.4. The first-order valence-electron chi connectivity index (χ1n) is 2.92. The molecule has 52 valence electrons. The molecule has 4 heteroatoms. The van der Waals surface area contributed by atoms with Crippen molar-refractivity contribution in [2.75, 3.05) is 13.1 Å². The molecule has 0 aliphatic carbocycles. The lowest BCUT2D eigenvalue weighted by Gasteiger charge is -2.13. The van der Waals surface area contributed by atoms with Crippen molar-refractivity contribution in [2.45, 2.75) is 12.7 Å². The molecular weight excluding hydrogens is 120 g/mol. The molecule has 1 heterocycles. The van der Waals surface area contributed by atoms with Gasteiger partial charge in [0, 0.05) is 19.2 Å². The molecule has 2 N–H and O–H groups in total. The van der Waals surface area contributed by atoms with Gasteiger partial charge in [0.2, 0.25) is 0 Å². The summed E-state index contributed by atoms with van der Waals surface area (Å²) in [7, 11) is 0. The molecule has 1 aliphatic rings. The highest BCUT2D eigenvalue weighted by atomic mass is 16.5. The summed E-state index contributed by atoms with van der Waals surface area (Å²) in [5.41, 5.74) is 0. The number of aliphatic hydroxyl groups excluding tert-OH is 1. The van der Waals surface area contributed by atoms with Crippen LogP contribution in [0, 0.1) is 0 Å². The Bertz CT molecular complexity index is 114. The highest BCUT2D eigenvalue weighted by Gasteiger charge is 2.08. The summed E-state index contributed by atoms with van der Waals surface area (Å²) >= 11 is 0. The second-order valence-electron chi connectivity index (χ2n) is 1.98. The molecule has 0 saturated carbocycles. The standard InChI is InChI=1S/C5H10N2O2/c8-5(9)4-7-3-1-2-6-7/h2,5,8-9H,1,3-4H2. The molecule has 0 aromatic heterocycles.